The van der Waals surface area contributed by atoms with Crippen LogP contribution in [0.25, 0.3) is 0 Å². The van der Waals surface area contributed by atoms with Gasteiger partial charge in [-0.25, -0.2) is 9.78 Å². The average Bonchev–Trinajstić information content (AvgIpc) is 2.60. The quantitative estimate of drug-likeness (QED) is 0.527. The lowest BCUT2D eigenvalue weighted by Crippen LogP contribution is -2.32. The highest BCUT2D eigenvalue weighted by Gasteiger charge is 2.35. The molecule has 0 amide bonds. The van der Waals surface area contributed by atoms with Gasteiger partial charge in [0.05, 0.1) is 12.7 Å². The first-order valence-corrected chi connectivity index (χ1v) is 4.77. The van der Waals surface area contributed by atoms with Crippen LogP contribution in [0.1, 0.15) is 12.6 Å². The van der Waals surface area contributed by atoms with Crippen molar-refractivity contribution >= 4 is 5.95 Å². The molecule has 0 saturated carbocycles. The minimum Gasteiger partial charge on any atom is -0.394 e. The van der Waals surface area contributed by atoms with E-state index in [1.165, 1.54) is 0 Å². The topological polar surface area (TPSA) is 123 Å². The molecule has 1 aromatic heterocycles. The van der Waals surface area contributed by atoms with Crippen LogP contribution in [0.3, 0.4) is 0 Å². The van der Waals surface area contributed by atoms with Gasteiger partial charge < -0.3 is 20.7 Å². The molecule has 1 aromatic rings. The molecule has 88 valence electrons. The van der Waals surface area contributed by atoms with E-state index in [4.69, 9.17) is 15.6 Å². The molecule has 1 fully saturated rings. The molecule has 1 saturated heterocycles. The van der Waals surface area contributed by atoms with Gasteiger partial charge in [-0.1, -0.05) is 0 Å². The number of nitrogens with zero attached hydrogens (tertiary/aromatic N) is 3. The van der Waals surface area contributed by atoms with Crippen LogP contribution in [-0.2, 0) is 4.74 Å². The van der Waals surface area contributed by atoms with Crippen molar-refractivity contribution in [1.29, 1.82) is 0 Å². The number of aromatic nitrogens is 3. The molecule has 0 aliphatic carbocycles. The Morgan fingerprint density at radius 2 is 2.44 bits per heavy atom. The highest BCUT2D eigenvalue weighted by molar-refractivity contribution is 5.09. The smallest absolute Gasteiger partial charge is 0.354 e. The van der Waals surface area contributed by atoms with Gasteiger partial charge in [-0.2, -0.15) is 4.98 Å². The van der Waals surface area contributed by atoms with Crippen LogP contribution in [-0.4, -0.2) is 43.6 Å². The number of nitrogen functional groups attached to an aromatic ring is 1. The third-order valence-electron chi connectivity index (χ3n) is 2.39. The Kier molecular flexibility index (Phi) is 2.86. The molecular formula is C8H12N4O4. The maximum Gasteiger partial charge on any atom is 0.354 e. The van der Waals surface area contributed by atoms with Crippen molar-refractivity contribution in [3.05, 3.63) is 16.8 Å². The van der Waals surface area contributed by atoms with Gasteiger partial charge in [0, 0.05) is 6.42 Å². The summed E-state index contributed by atoms with van der Waals surface area (Å²) in [5.41, 5.74) is 4.59. The predicted molar refractivity (Wildman–Crippen MR) is 52.3 cm³/mol. The summed E-state index contributed by atoms with van der Waals surface area (Å²) in [5, 5.41) is 18.5. The second-order valence-corrected chi connectivity index (χ2v) is 3.54. The molecule has 3 atom stereocenters. The molecule has 2 unspecified atom stereocenters. The highest BCUT2D eigenvalue weighted by atomic mass is 16.5. The van der Waals surface area contributed by atoms with Crippen LogP contribution in [0.2, 0.25) is 0 Å². The molecule has 2 rings (SSSR count). The summed E-state index contributed by atoms with van der Waals surface area (Å²) in [4.78, 5) is 18.5. The molecule has 16 heavy (non-hydrogen) atoms. The van der Waals surface area contributed by atoms with Crippen LogP contribution >= 0.6 is 0 Å². The van der Waals surface area contributed by atoms with E-state index < -0.39 is 24.1 Å². The number of hydrogen-bond donors (Lipinski definition) is 3. The maximum atomic E-state index is 11.4. The van der Waals surface area contributed by atoms with Crippen LogP contribution in [0.4, 0.5) is 5.95 Å². The fourth-order valence-electron chi connectivity index (χ4n) is 1.63. The number of aliphatic hydroxyl groups excluding tert-OH is 2. The zero-order valence-corrected chi connectivity index (χ0v) is 8.35. The molecule has 1 aliphatic heterocycles. The SMILES string of the molecule is Nc1ncn(C2OC(CO)C[C@@H]2O)c(=O)n1. The number of ether oxygens (including phenoxy) is 1. The zero-order valence-electron chi connectivity index (χ0n) is 8.35. The summed E-state index contributed by atoms with van der Waals surface area (Å²) >= 11 is 0. The standard InChI is InChI=1S/C8H12N4O4/c9-7-10-3-12(8(15)11-7)6-5(14)1-4(2-13)16-6/h3-6,13-14H,1-2H2,(H2,9,11,15)/t4?,5-,6?/m0/s1. The molecule has 0 radical (unpaired) electrons. The highest BCUT2D eigenvalue weighted by Crippen LogP contribution is 2.26. The van der Waals surface area contributed by atoms with Gasteiger partial charge in [-0.3, -0.25) is 4.57 Å². The van der Waals surface area contributed by atoms with Crippen molar-refractivity contribution in [2.45, 2.75) is 24.9 Å². The second-order valence-electron chi connectivity index (χ2n) is 3.54. The van der Waals surface area contributed by atoms with E-state index in [0.717, 1.165) is 10.9 Å². The Bertz CT molecular complexity index is 434. The van der Waals surface area contributed by atoms with Gasteiger partial charge in [0.25, 0.3) is 0 Å². The van der Waals surface area contributed by atoms with Gasteiger partial charge >= 0.3 is 5.69 Å². The molecule has 4 N–H and O–H groups in total. The van der Waals surface area contributed by atoms with Crippen molar-refractivity contribution < 1.29 is 14.9 Å². The van der Waals surface area contributed by atoms with Gasteiger partial charge in [0.15, 0.2) is 6.23 Å². The summed E-state index contributed by atoms with van der Waals surface area (Å²) < 4.78 is 6.32. The lowest BCUT2D eigenvalue weighted by atomic mass is 10.2. The first kappa shape index (κ1) is 11.0. The number of anilines is 1. The summed E-state index contributed by atoms with van der Waals surface area (Å²) in [6.45, 7) is -0.210. The van der Waals surface area contributed by atoms with E-state index in [-0.39, 0.29) is 19.0 Å². The third kappa shape index (κ3) is 1.90. The van der Waals surface area contributed by atoms with Crippen molar-refractivity contribution in [3.8, 4) is 0 Å². The Morgan fingerprint density at radius 1 is 1.69 bits per heavy atom. The van der Waals surface area contributed by atoms with E-state index >= 15 is 0 Å². The van der Waals surface area contributed by atoms with Crippen LogP contribution in [0.5, 0.6) is 0 Å². The van der Waals surface area contributed by atoms with E-state index in [0.29, 0.717) is 0 Å². The lowest BCUT2D eigenvalue weighted by Gasteiger charge is -2.16. The molecule has 2 heterocycles. The van der Waals surface area contributed by atoms with Crippen LogP contribution in [0.15, 0.2) is 11.1 Å². The largest absolute Gasteiger partial charge is 0.394 e. The Balaban J connectivity index is 2.28. The molecular weight excluding hydrogens is 216 g/mol. The Morgan fingerprint density at radius 3 is 3.00 bits per heavy atom. The summed E-state index contributed by atoms with van der Waals surface area (Å²) in [6.07, 6.45) is -0.798. The zero-order chi connectivity index (χ0) is 11.7. The van der Waals surface area contributed by atoms with Gasteiger partial charge in [-0.15, -0.1) is 0 Å². The molecule has 0 aromatic carbocycles. The van der Waals surface area contributed by atoms with E-state index in [1.807, 2.05) is 0 Å². The molecule has 8 nitrogen and oxygen atoms in total. The minimum atomic E-state index is -0.873. The summed E-state index contributed by atoms with van der Waals surface area (Å²) in [7, 11) is 0. The number of hydrogen-bond acceptors (Lipinski definition) is 7. The first-order valence-electron chi connectivity index (χ1n) is 4.77. The van der Waals surface area contributed by atoms with E-state index in [1.54, 1.807) is 0 Å². The van der Waals surface area contributed by atoms with Gasteiger partial charge in [0.1, 0.15) is 12.4 Å². The number of aliphatic hydroxyl groups is 2. The van der Waals surface area contributed by atoms with Gasteiger partial charge in [0.2, 0.25) is 5.95 Å². The normalized spacial score (nSPS) is 29.5. The van der Waals surface area contributed by atoms with Crippen molar-refractivity contribution in [1.82, 2.24) is 14.5 Å². The van der Waals surface area contributed by atoms with Crippen LogP contribution in [0, 0.1) is 0 Å². The molecule has 8 heteroatoms. The lowest BCUT2D eigenvalue weighted by molar-refractivity contribution is -0.0535. The first-order chi connectivity index (χ1) is 7.61. The van der Waals surface area contributed by atoms with Gasteiger partial charge in [-0.05, 0) is 0 Å². The van der Waals surface area contributed by atoms with Crippen LogP contribution < -0.4 is 11.4 Å². The number of rotatable bonds is 2. The maximum absolute atomic E-state index is 11.4. The average molecular weight is 228 g/mol. The predicted octanol–water partition coefficient (Wildman–Crippen LogP) is -2.14. The van der Waals surface area contributed by atoms with Crippen molar-refractivity contribution in [2.75, 3.05) is 12.3 Å². The third-order valence-corrected chi connectivity index (χ3v) is 2.39. The minimum absolute atomic E-state index is 0.132. The second kappa shape index (κ2) is 4.16. The van der Waals surface area contributed by atoms with Crippen molar-refractivity contribution in [3.63, 3.8) is 0 Å². The summed E-state index contributed by atoms with van der Waals surface area (Å²) in [6, 6.07) is 0. The van der Waals surface area contributed by atoms with Crippen molar-refractivity contribution in [2.24, 2.45) is 0 Å². The summed E-state index contributed by atoms with van der Waals surface area (Å²) in [5.74, 6) is -0.132. The molecule has 0 bridgehead atoms. The number of nitrogens with two attached hydrogens (primary N) is 1. The fourth-order valence-corrected chi connectivity index (χ4v) is 1.63. The Hall–Kier alpha value is -1.51. The molecule has 0 spiro atoms. The Labute approximate surface area is 90.3 Å². The monoisotopic (exact) mass is 228 g/mol. The van der Waals surface area contributed by atoms with E-state index in [9.17, 15) is 9.90 Å². The van der Waals surface area contributed by atoms with E-state index in [2.05, 4.69) is 9.97 Å². The fraction of sp³-hybridized carbons (Fsp3) is 0.625. The molecule has 1 aliphatic rings.